The lowest BCUT2D eigenvalue weighted by Gasteiger charge is -2.23. The monoisotopic (exact) mass is 676 g/mol. The second-order valence-corrected chi connectivity index (χ2v) is 12.6. The van der Waals surface area contributed by atoms with Gasteiger partial charge in [0.1, 0.15) is 22.6 Å². The van der Waals surface area contributed by atoms with E-state index in [4.69, 9.17) is 9.47 Å². The number of nitrogens with one attached hydrogen (secondary N) is 3. The maximum Gasteiger partial charge on any atom is 0.251 e. The SMILES string of the molecule is CC[C@@H]1NC(=O)CCCN(S(=O)(=O)c2cc(F)ccc2F)CCCNC(=O)c2ccc(OC)c(c2)Oc2ccc(cc2F)CNC1=O. The van der Waals surface area contributed by atoms with Gasteiger partial charge in [-0.1, -0.05) is 13.0 Å². The fraction of sp³-hybridized carbons (Fsp3) is 0.344. The van der Waals surface area contributed by atoms with Gasteiger partial charge in [0, 0.05) is 38.2 Å². The van der Waals surface area contributed by atoms with Gasteiger partial charge in [-0.3, -0.25) is 14.4 Å². The molecule has 0 fully saturated rings. The van der Waals surface area contributed by atoms with Crippen molar-refractivity contribution in [2.45, 2.75) is 50.1 Å². The van der Waals surface area contributed by atoms with Crippen molar-refractivity contribution in [2.75, 3.05) is 26.7 Å². The highest BCUT2D eigenvalue weighted by Crippen LogP contribution is 2.34. The van der Waals surface area contributed by atoms with E-state index in [1.54, 1.807) is 13.0 Å². The number of amides is 3. The summed E-state index contributed by atoms with van der Waals surface area (Å²) >= 11 is 0. The van der Waals surface area contributed by atoms with Crippen LogP contribution in [0.3, 0.4) is 0 Å². The van der Waals surface area contributed by atoms with Gasteiger partial charge in [0.15, 0.2) is 23.1 Å². The minimum atomic E-state index is -4.55. The van der Waals surface area contributed by atoms with Crippen LogP contribution in [0.4, 0.5) is 13.2 Å². The van der Waals surface area contributed by atoms with Crippen LogP contribution in [0.25, 0.3) is 0 Å². The standard InChI is InChI=1S/C32H35F3N4O7S/c1-3-25-32(42)37-19-20-7-11-26(24(35)16-20)46-28-17-21(8-12-27(28)45-2)31(41)36-13-5-15-39(14-4-6-30(40)38-25)47(43,44)29-18-22(33)9-10-23(29)34/h7-12,16-18,25H,3-6,13-15,19H2,1-2H3,(H,36,41)(H,37,42)(H,38,40)/t25-/m0/s1. The third-order valence-electron chi connectivity index (χ3n) is 7.36. The molecule has 1 atom stereocenters. The smallest absolute Gasteiger partial charge is 0.251 e. The number of carbonyl (C=O) groups is 3. The summed E-state index contributed by atoms with van der Waals surface area (Å²) in [4.78, 5) is 37.6. The van der Waals surface area contributed by atoms with Crippen LogP contribution in [0, 0.1) is 17.5 Å². The Morgan fingerprint density at radius 3 is 2.40 bits per heavy atom. The van der Waals surface area contributed by atoms with E-state index in [0.29, 0.717) is 17.7 Å². The molecule has 0 aliphatic carbocycles. The summed E-state index contributed by atoms with van der Waals surface area (Å²) in [5.74, 6) is -4.30. The fourth-order valence-electron chi connectivity index (χ4n) is 4.83. The number of hydrogen-bond acceptors (Lipinski definition) is 7. The van der Waals surface area contributed by atoms with E-state index in [1.807, 2.05) is 0 Å². The Morgan fingerprint density at radius 1 is 0.915 bits per heavy atom. The van der Waals surface area contributed by atoms with Crippen molar-refractivity contribution in [2.24, 2.45) is 0 Å². The maximum atomic E-state index is 15.0. The van der Waals surface area contributed by atoms with Crippen LogP contribution in [0.2, 0.25) is 0 Å². The average Bonchev–Trinajstić information content (AvgIpc) is 3.05. The summed E-state index contributed by atoms with van der Waals surface area (Å²) < 4.78 is 82.2. The lowest BCUT2D eigenvalue weighted by atomic mass is 10.1. The van der Waals surface area contributed by atoms with Crippen molar-refractivity contribution in [3.05, 3.63) is 83.2 Å². The maximum absolute atomic E-state index is 15.0. The van der Waals surface area contributed by atoms with Crippen molar-refractivity contribution in [1.29, 1.82) is 0 Å². The van der Waals surface area contributed by atoms with E-state index in [2.05, 4.69) is 16.0 Å². The molecule has 47 heavy (non-hydrogen) atoms. The second kappa shape index (κ2) is 15.8. The number of ether oxygens (including phenoxy) is 2. The van der Waals surface area contributed by atoms with E-state index in [0.717, 1.165) is 10.4 Å². The molecular formula is C32H35F3N4O7S. The van der Waals surface area contributed by atoms with Crippen LogP contribution in [0.15, 0.2) is 59.5 Å². The Balaban J connectivity index is 1.61. The van der Waals surface area contributed by atoms with Gasteiger partial charge in [0.2, 0.25) is 21.8 Å². The zero-order valence-electron chi connectivity index (χ0n) is 25.8. The predicted molar refractivity (Wildman–Crippen MR) is 165 cm³/mol. The zero-order valence-corrected chi connectivity index (χ0v) is 26.6. The Labute approximate surface area is 270 Å². The third-order valence-corrected chi connectivity index (χ3v) is 9.27. The average molecular weight is 677 g/mol. The molecule has 0 spiro atoms. The highest BCUT2D eigenvalue weighted by molar-refractivity contribution is 7.89. The van der Waals surface area contributed by atoms with E-state index in [9.17, 15) is 31.6 Å². The van der Waals surface area contributed by atoms with E-state index in [-0.39, 0.29) is 74.7 Å². The van der Waals surface area contributed by atoms with Gasteiger partial charge in [-0.05, 0) is 73.4 Å². The van der Waals surface area contributed by atoms with E-state index < -0.39 is 56.1 Å². The van der Waals surface area contributed by atoms with Crippen molar-refractivity contribution in [3.63, 3.8) is 0 Å². The number of carbonyl (C=O) groups excluding carboxylic acids is 3. The lowest BCUT2D eigenvalue weighted by Crippen LogP contribution is -2.46. The lowest BCUT2D eigenvalue weighted by molar-refractivity contribution is -0.129. The van der Waals surface area contributed by atoms with Crippen molar-refractivity contribution >= 4 is 27.7 Å². The highest BCUT2D eigenvalue weighted by Gasteiger charge is 2.28. The van der Waals surface area contributed by atoms with Gasteiger partial charge in [-0.15, -0.1) is 0 Å². The number of fused-ring (bicyclic) bond motifs is 16. The summed E-state index contributed by atoms with van der Waals surface area (Å²) in [7, 11) is -3.17. The first-order valence-corrected chi connectivity index (χ1v) is 16.3. The first-order valence-electron chi connectivity index (χ1n) is 14.9. The van der Waals surface area contributed by atoms with E-state index >= 15 is 4.39 Å². The summed E-state index contributed by atoms with van der Waals surface area (Å²) in [6.07, 6.45) is 0.130. The van der Waals surface area contributed by atoms with Crippen molar-refractivity contribution < 1.29 is 45.4 Å². The molecule has 2 aliphatic rings. The summed E-state index contributed by atoms with van der Waals surface area (Å²) in [6, 6.07) is 9.55. The van der Waals surface area contributed by atoms with Crippen LogP contribution in [0.5, 0.6) is 17.2 Å². The fourth-order valence-corrected chi connectivity index (χ4v) is 6.42. The molecule has 2 heterocycles. The van der Waals surface area contributed by atoms with Crippen molar-refractivity contribution in [1.82, 2.24) is 20.3 Å². The molecule has 11 nitrogen and oxygen atoms in total. The largest absolute Gasteiger partial charge is 0.493 e. The summed E-state index contributed by atoms with van der Waals surface area (Å²) in [5, 5.41) is 7.93. The normalized spacial score (nSPS) is 17.6. The minimum Gasteiger partial charge on any atom is -0.493 e. The molecule has 0 unspecified atom stereocenters. The van der Waals surface area contributed by atoms with Gasteiger partial charge in [0.25, 0.3) is 5.91 Å². The Kier molecular flexibility index (Phi) is 11.8. The van der Waals surface area contributed by atoms with Crippen LogP contribution >= 0.6 is 0 Å². The number of sulfonamides is 1. The number of rotatable bonds is 4. The topological polar surface area (TPSA) is 143 Å². The van der Waals surface area contributed by atoms with Crippen LogP contribution in [-0.2, 0) is 26.2 Å². The van der Waals surface area contributed by atoms with Crippen LogP contribution in [0.1, 0.15) is 48.5 Å². The molecule has 3 aromatic rings. The summed E-state index contributed by atoms with van der Waals surface area (Å²) in [6.45, 7) is 1.19. The molecule has 0 aromatic heterocycles. The van der Waals surface area contributed by atoms with Gasteiger partial charge in [-0.2, -0.15) is 4.31 Å². The van der Waals surface area contributed by atoms with E-state index in [1.165, 1.54) is 37.4 Å². The van der Waals surface area contributed by atoms with Crippen LogP contribution < -0.4 is 25.4 Å². The first kappa shape index (κ1) is 35.2. The number of benzene rings is 3. The highest BCUT2D eigenvalue weighted by atomic mass is 32.2. The zero-order chi connectivity index (χ0) is 34.1. The molecule has 0 radical (unpaired) electrons. The Bertz CT molecular complexity index is 1740. The molecule has 4 bridgehead atoms. The molecule has 3 amide bonds. The molecule has 0 saturated carbocycles. The third kappa shape index (κ3) is 9.01. The molecule has 15 heteroatoms. The number of methoxy groups -OCH3 is 1. The van der Waals surface area contributed by atoms with Gasteiger partial charge < -0.3 is 25.4 Å². The second-order valence-electron chi connectivity index (χ2n) is 10.7. The molecule has 3 N–H and O–H groups in total. The molecule has 2 aliphatic heterocycles. The Hall–Kier alpha value is -4.63. The van der Waals surface area contributed by atoms with Crippen LogP contribution in [-0.4, -0.2) is 63.2 Å². The molecule has 3 aromatic carbocycles. The number of nitrogens with zero attached hydrogens (tertiary/aromatic N) is 1. The summed E-state index contributed by atoms with van der Waals surface area (Å²) in [5.41, 5.74) is 0.556. The first-order chi connectivity index (χ1) is 22.4. The molecule has 0 saturated heterocycles. The van der Waals surface area contributed by atoms with Gasteiger partial charge >= 0.3 is 0 Å². The predicted octanol–water partition coefficient (Wildman–Crippen LogP) is 4.02. The Morgan fingerprint density at radius 2 is 1.68 bits per heavy atom. The number of halogens is 3. The molecule has 252 valence electrons. The molecule has 5 rings (SSSR count). The van der Waals surface area contributed by atoms with Crippen molar-refractivity contribution in [3.8, 4) is 17.2 Å². The quantitative estimate of drug-likeness (QED) is 0.379. The van der Waals surface area contributed by atoms with Gasteiger partial charge in [0.05, 0.1) is 7.11 Å². The number of hydrogen-bond donors (Lipinski definition) is 3. The molecular weight excluding hydrogens is 641 g/mol. The minimum absolute atomic E-state index is 0.00728. The van der Waals surface area contributed by atoms with Gasteiger partial charge in [-0.25, -0.2) is 21.6 Å².